The summed E-state index contributed by atoms with van der Waals surface area (Å²) in [5, 5.41) is 3.72. The van der Waals surface area contributed by atoms with Crippen molar-refractivity contribution in [1.29, 1.82) is 0 Å². The fraction of sp³-hybridized carbons (Fsp3) is 0.333. The van der Waals surface area contributed by atoms with Crippen molar-refractivity contribution in [2.45, 2.75) is 60.1 Å². The van der Waals surface area contributed by atoms with Crippen molar-refractivity contribution in [2.75, 3.05) is 17.2 Å². The number of anilines is 1. The van der Waals surface area contributed by atoms with Crippen LogP contribution < -0.4 is 10.2 Å². The Morgan fingerprint density at radius 2 is 1.76 bits per heavy atom. The zero-order chi connectivity index (χ0) is 26.5. The molecule has 0 spiro atoms. The Labute approximate surface area is 229 Å². The number of nitrogens with one attached hydrogen (secondary N) is 1. The second-order valence-corrected chi connectivity index (χ2v) is 12.5. The van der Waals surface area contributed by atoms with E-state index < -0.39 is 16.6 Å². The highest BCUT2D eigenvalue weighted by atomic mass is 32.2. The SMILES string of the molecule is O=C(NCCCSC1CCCCC1)c1ccc2c(c1)N(Cc1ccccc1F)C(=O)c1ccccc1[S@]2=O. The van der Waals surface area contributed by atoms with Crippen LogP contribution in [0.4, 0.5) is 10.1 Å². The molecule has 1 fully saturated rings. The minimum atomic E-state index is -1.64. The zero-order valence-corrected chi connectivity index (χ0v) is 22.8. The summed E-state index contributed by atoms with van der Waals surface area (Å²) in [6.07, 6.45) is 7.45. The first-order valence-corrected chi connectivity index (χ1v) is 15.3. The first-order valence-electron chi connectivity index (χ1n) is 13.1. The Hall–Kier alpha value is -2.97. The predicted octanol–water partition coefficient (Wildman–Crippen LogP) is 6.34. The first-order chi connectivity index (χ1) is 18.5. The van der Waals surface area contributed by atoms with Gasteiger partial charge in [0.15, 0.2) is 0 Å². The van der Waals surface area contributed by atoms with E-state index in [1.807, 2.05) is 11.8 Å². The van der Waals surface area contributed by atoms with Gasteiger partial charge in [0.25, 0.3) is 11.8 Å². The summed E-state index contributed by atoms with van der Waals surface area (Å²) >= 11 is 2.00. The third kappa shape index (κ3) is 5.86. The van der Waals surface area contributed by atoms with E-state index in [2.05, 4.69) is 5.32 Å². The topological polar surface area (TPSA) is 66.5 Å². The summed E-state index contributed by atoms with van der Waals surface area (Å²) in [4.78, 5) is 29.0. The number of carbonyl (C=O) groups excluding carboxylic acids is 2. The Bertz CT molecular complexity index is 1360. The third-order valence-corrected chi connectivity index (χ3v) is 10.0. The minimum absolute atomic E-state index is 0.0481. The summed E-state index contributed by atoms with van der Waals surface area (Å²) in [5.74, 6) is -0.0489. The smallest absolute Gasteiger partial charge is 0.259 e. The van der Waals surface area contributed by atoms with Gasteiger partial charge in [0.1, 0.15) is 5.82 Å². The van der Waals surface area contributed by atoms with E-state index in [1.165, 1.54) is 43.1 Å². The number of thioether (sulfide) groups is 1. The van der Waals surface area contributed by atoms with Crippen LogP contribution in [0.5, 0.6) is 0 Å². The summed E-state index contributed by atoms with van der Waals surface area (Å²) in [6, 6.07) is 17.9. The van der Waals surface area contributed by atoms with E-state index in [0.717, 1.165) is 17.4 Å². The van der Waals surface area contributed by atoms with Gasteiger partial charge in [0, 0.05) is 22.9 Å². The van der Waals surface area contributed by atoms with E-state index in [4.69, 9.17) is 0 Å². The lowest BCUT2D eigenvalue weighted by molar-refractivity contribution is 0.0950. The molecule has 1 N–H and O–H groups in total. The molecule has 0 aromatic heterocycles. The van der Waals surface area contributed by atoms with Crippen LogP contribution in [0.1, 0.15) is 64.8 Å². The van der Waals surface area contributed by atoms with Crippen molar-refractivity contribution in [3.8, 4) is 0 Å². The minimum Gasteiger partial charge on any atom is -0.352 e. The van der Waals surface area contributed by atoms with E-state index in [-0.39, 0.29) is 18.4 Å². The maximum absolute atomic E-state index is 14.6. The van der Waals surface area contributed by atoms with Crippen LogP contribution in [-0.2, 0) is 17.3 Å². The molecule has 0 bridgehead atoms. The average molecular weight is 551 g/mol. The van der Waals surface area contributed by atoms with Crippen molar-refractivity contribution >= 4 is 40.1 Å². The maximum atomic E-state index is 14.6. The lowest BCUT2D eigenvalue weighted by Gasteiger charge is -2.24. The van der Waals surface area contributed by atoms with E-state index >= 15 is 0 Å². The molecular weight excluding hydrogens is 519 g/mol. The number of halogens is 1. The number of rotatable bonds is 8. The van der Waals surface area contributed by atoms with Gasteiger partial charge < -0.3 is 10.2 Å². The van der Waals surface area contributed by atoms with Gasteiger partial charge in [-0.15, -0.1) is 0 Å². The Morgan fingerprint density at radius 1 is 1.00 bits per heavy atom. The number of benzene rings is 3. The normalized spacial score (nSPS) is 17.4. The molecule has 1 saturated carbocycles. The number of amides is 2. The van der Waals surface area contributed by atoms with Crippen LogP contribution in [0.2, 0.25) is 0 Å². The molecule has 2 amide bonds. The molecule has 0 unspecified atom stereocenters. The zero-order valence-electron chi connectivity index (χ0n) is 21.2. The van der Waals surface area contributed by atoms with Crippen LogP contribution >= 0.6 is 11.8 Å². The fourth-order valence-corrected chi connectivity index (χ4v) is 7.67. The summed E-state index contributed by atoms with van der Waals surface area (Å²) in [7, 11) is -1.64. The fourth-order valence-electron chi connectivity index (χ4n) is 5.02. The highest BCUT2D eigenvalue weighted by Crippen LogP contribution is 2.36. The van der Waals surface area contributed by atoms with Crippen LogP contribution in [0.25, 0.3) is 0 Å². The molecule has 8 heteroatoms. The standard InChI is InChI=1S/C30H31FN2O3S2/c31-25-13-6-4-9-22(25)20-33-26-19-21(29(34)32-17-8-18-37-23-10-2-1-3-11-23)15-16-28(26)38(36)27-14-7-5-12-24(27)30(33)35/h4-7,9,12-16,19,23H,1-3,8,10-11,17-18,20H2,(H,32,34)/t38-/m1/s1. The van der Waals surface area contributed by atoms with Crippen molar-refractivity contribution in [1.82, 2.24) is 5.32 Å². The van der Waals surface area contributed by atoms with Gasteiger partial charge in [-0.1, -0.05) is 49.6 Å². The highest BCUT2D eigenvalue weighted by Gasteiger charge is 2.32. The van der Waals surface area contributed by atoms with Crippen LogP contribution in [0, 0.1) is 5.82 Å². The van der Waals surface area contributed by atoms with Gasteiger partial charge in [-0.05, 0) is 61.4 Å². The van der Waals surface area contributed by atoms with Crippen LogP contribution in [-0.4, -0.2) is 33.6 Å². The summed E-state index contributed by atoms with van der Waals surface area (Å²) < 4.78 is 28.1. The van der Waals surface area contributed by atoms with Crippen LogP contribution in [0.3, 0.4) is 0 Å². The summed E-state index contributed by atoms with van der Waals surface area (Å²) in [5.41, 5.74) is 1.37. The second-order valence-electron chi connectivity index (χ2n) is 9.67. The molecule has 3 aromatic rings. The Balaban J connectivity index is 1.36. The Kier molecular flexibility index (Phi) is 8.59. The molecule has 198 valence electrons. The molecule has 1 aliphatic carbocycles. The van der Waals surface area contributed by atoms with Crippen LogP contribution in [0.15, 0.2) is 76.5 Å². The van der Waals surface area contributed by atoms with E-state index in [0.29, 0.717) is 38.7 Å². The molecule has 38 heavy (non-hydrogen) atoms. The van der Waals surface area contributed by atoms with Gasteiger partial charge in [-0.2, -0.15) is 11.8 Å². The lowest BCUT2D eigenvalue weighted by atomic mass is 10.0. The number of hydrogen-bond donors (Lipinski definition) is 1. The van der Waals surface area contributed by atoms with Crippen molar-refractivity contribution in [2.24, 2.45) is 0 Å². The Morgan fingerprint density at radius 3 is 2.58 bits per heavy atom. The number of carbonyl (C=O) groups is 2. The van der Waals surface area contributed by atoms with Gasteiger partial charge in [-0.25, -0.2) is 8.60 Å². The second kappa shape index (κ2) is 12.3. The predicted molar refractivity (Wildman–Crippen MR) is 151 cm³/mol. The number of fused-ring (bicyclic) bond motifs is 2. The largest absolute Gasteiger partial charge is 0.352 e. The molecule has 1 atom stereocenters. The van der Waals surface area contributed by atoms with Gasteiger partial charge in [-0.3, -0.25) is 9.59 Å². The molecule has 3 aromatic carbocycles. The van der Waals surface area contributed by atoms with Gasteiger partial charge >= 0.3 is 0 Å². The highest BCUT2D eigenvalue weighted by molar-refractivity contribution is 7.99. The van der Waals surface area contributed by atoms with E-state index in [1.54, 1.807) is 60.7 Å². The molecule has 1 heterocycles. The van der Waals surface area contributed by atoms with E-state index in [9.17, 15) is 18.2 Å². The molecule has 1 aliphatic heterocycles. The summed E-state index contributed by atoms with van der Waals surface area (Å²) in [6.45, 7) is 0.512. The molecule has 0 radical (unpaired) electrons. The quantitative estimate of drug-likeness (QED) is 0.333. The molecular formula is C30H31FN2O3S2. The molecule has 5 nitrogen and oxygen atoms in total. The molecule has 5 rings (SSSR count). The number of nitrogens with zero attached hydrogens (tertiary/aromatic N) is 1. The van der Waals surface area contributed by atoms with Crippen molar-refractivity contribution in [3.05, 3.63) is 89.2 Å². The average Bonchev–Trinajstić information content (AvgIpc) is 3.03. The maximum Gasteiger partial charge on any atom is 0.259 e. The van der Waals surface area contributed by atoms with Crippen molar-refractivity contribution < 1.29 is 18.2 Å². The molecule has 0 saturated heterocycles. The first kappa shape index (κ1) is 26.6. The third-order valence-electron chi connectivity index (χ3n) is 7.07. The number of hydrogen-bond acceptors (Lipinski definition) is 4. The lowest BCUT2D eigenvalue weighted by Crippen LogP contribution is -2.31. The van der Waals surface area contributed by atoms with Crippen molar-refractivity contribution in [3.63, 3.8) is 0 Å². The molecule has 2 aliphatic rings. The monoisotopic (exact) mass is 550 g/mol. The van der Waals surface area contributed by atoms with Gasteiger partial charge in [0.05, 0.1) is 38.4 Å². The van der Waals surface area contributed by atoms with Gasteiger partial charge in [0.2, 0.25) is 0 Å².